The predicted molar refractivity (Wildman–Crippen MR) is 69.7 cm³/mol. The van der Waals surface area contributed by atoms with Crippen molar-refractivity contribution in [1.82, 2.24) is 9.88 Å². The number of carbonyl (C=O) groups is 1. The number of anilines is 1. The maximum Gasteiger partial charge on any atom is 0.257 e. The Morgan fingerprint density at radius 3 is 3.11 bits per heavy atom. The molecule has 19 heavy (non-hydrogen) atoms. The zero-order valence-electron chi connectivity index (χ0n) is 11.1. The summed E-state index contributed by atoms with van der Waals surface area (Å²) >= 11 is 0. The van der Waals surface area contributed by atoms with Crippen LogP contribution >= 0.6 is 0 Å². The number of rotatable bonds is 4. The molecule has 2 rings (SSSR count). The van der Waals surface area contributed by atoms with Crippen molar-refractivity contribution in [2.24, 2.45) is 0 Å². The molecule has 1 saturated heterocycles. The molecule has 1 fully saturated rings. The highest BCUT2D eigenvalue weighted by Gasteiger charge is 2.23. The van der Waals surface area contributed by atoms with Gasteiger partial charge in [-0.1, -0.05) is 0 Å². The number of halogens is 1. The quantitative estimate of drug-likeness (QED) is 0.898. The van der Waals surface area contributed by atoms with E-state index >= 15 is 0 Å². The lowest BCUT2D eigenvalue weighted by Crippen LogP contribution is -2.34. The number of nitrogens with zero attached hydrogens (tertiary/aromatic N) is 2. The van der Waals surface area contributed by atoms with Gasteiger partial charge in [-0.25, -0.2) is 9.37 Å². The van der Waals surface area contributed by atoms with Crippen LogP contribution in [0, 0.1) is 5.82 Å². The average molecular weight is 267 g/mol. The fraction of sp³-hybridized carbons (Fsp3) is 0.538. The second kappa shape index (κ2) is 5.97. The molecule has 1 unspecified atom stereocenters. The molecule has 0 spiro atoms. The van der Waals surface area contributed by atoms with Crippen LogP contribution in [0.3, 0.4) is 0 Å². The lowest BCUT2D eigenvalue weighted by Gasteiger charge is -2.21. The van der Waals surface area contributed by atoms with Gasteiger partial charge in [-0.2, -0.15) is 0 Å². The molecule has 6 heteroatoms. The van der Waals surface area contributed by atoms with Crippen LogP contribution < -0.4 is 5.32 Å². The van der Waals surface area contributed by atoms with Gasteiger partial charge in [0.05, 0.1) is 17.9 Å². The van der Waals surface area contributed by atoms with Crippen molar-refractivity contribution in [2.75, 3.05) is 32.6 Å². The van der Waals surface area contributed by atoms with Crippen LogP contribution in [0.4, 0.5) is 10.2 Å². The van der Waals surface area contributed by atoms with Crippen molar-refractivity contribution in [2.45, 2.75) is 18.9 Å². The third kappa shape index (κ3) is 3.20. The maximum absolute atomic E-state index is 13.2. The SMILES string of the molecule is CNc1ncc(F)cc1C(=O)N(C)CC1CCCO1. The minimum atomic E-state index is -0.520. The molecule has 1 aromatic rings. The third-order valence-corrected chi connectivity index (χ3v) is 3.17. The summed E-state index contributed by atoms with van der Waals surface area (Å²) in [5.41, 5.74) is 0.239. The number of carbonyl (C=O) groups excluding carboxylic acids is 1. The Morgan fingerprint density at radius 1 is 1.68 bits per heavy atom. The predicted octanol–water partition coefficient (Wildman–Crippen LogP) is 1.51. The minimum Gasteiger partial charge on any atom is -0.376 e. The normalized spacial score (nSPS) is 18.4. The van der Waals surface area contributed by atoms with Crippen LogP contribution in [-0.2, 0) is 4.74 Å². The second-order valence-electron chi connectivity index (χ2n) is 4.62. The van der Waals surface area contributed by atoms with Crippen molar-refractivity contribution in [1.29, 1.82) is 0 Å². The molecule has 0 aromatic carbocycles. The van der Waals surface area contributed by atoms with Gasteiger partial charge in [0.2, 0.25) is 0 Å². The lowest BCUT2D eigenvalue weighted by molar-refractivity contribution is 0.0587. The molecule has 0 bridgehead atoms. The number of amides is 1. The van der Waals surface area contributed by atoms with Gasteiger partial charge in [0.25, 0.3) is 5.91 Å². The molecule has 1 atom stereocenters. The monoisotopic (exact) mass is 267 g/mol. The molecule has 1 N–H and O–H groups in total. The molecular weight excluding hydrogens is 249 g/mol. The van der Waals surface area contributed by atoms with E-state index in [1.807, 2.05) is 0 Å². The van der Waals surface area contributed by atoms with E-state index < -0.39 is 5.82 Å². The Morgan fingerprint density at radius 2 is 2.47 bits per heavy atom. The van der Waals surface area contributed by atoms with Crippen molar-refractivity contribution >= 4 is 11.7 Å². The molecule has 104 valence electrons. The van der Waals surface area contributed by atoms with Gasteiger partial charge in [-0.3, -0.25) is 4.79 Å². The molecular formula is C13H18FN3O2. The first-order chi connectivity index (χ1) is 9.11. The number of likely N-dealkylation sites (N-methyl/N-ethyl adjacent to an activating group) is 1. The van der Waals surface area contributed by atoms with E-state index in [2.05, 4.69) is 10.3 Å². The first-order valence-electron chi connectivity index (χ1n) is 6.32. The molecule has 5 nitrogen and oxygen atoms in total. The summed E-state index contributed by atoms with van der Waals surface area (Å²) in [6.45, 7) is 1.26. The van der Waals surface area contributed by atoms with Crippen molar-refractivity contribution in [3.8, 4) is 0 Å². The summed E-state index contributed by atoms with van der Waals surface area (Å²) in [4.78, 5) is 17.7. The zero-order valence-corrected chi connectivity index (χ0v) is 11.1. The van der Waals surface area contributed by atoms with E-state index in [1.54, 1.807) is 19.0 Å². The van der Waals surface area contributed by atoms with Gasteiger partial charge in [0, 0.05) is 27.2 Å². The Balaban J connectivity index is 2.11. The molecule has 1 aromatic heterocycles. The van der Waals surface area contributed by atoms with Crippen LogP contribution in [0.1, 0.15) is 23.2 Å². The van der Waals surface area contributed by atoms with E-state index in [0.29, 0.717) is 12.4 Å². The highest BCUT2D eigenvalue weighted by molar-refractivity contribution is 5.98. The molecule has 2 heterocycles. The topological polar surface area (TPSA) is 54.5 Å². The number of hydrogen-bond donors (Lipinski definition) is 1. The van der Waals surface area contributed by atoms with E-state index in [0.717, 1.165) is 25.6 Å². The molecule has 1 amide bonds. The van der Waals surface area contributed by atoms with Gasteiger partial charge >= 0.3 is 0 Å². The zero-order chi connectivity index (χ0) is 13.8. The first kappa shape index (κ1) is 13.7. The number of aromatic nitrogens is 1. The highest BCUT2D eigenvalue weighted by Crippen LogP contribution is 2.17. The summed E-state index contributed by atoms with van der Waals surface area (Å²) in [6, 6.07) is 1.20. The molecule has 0 aliphatic carbocycles. The largest absolute Gasteiger partial charge is 0.376 e. The van der Waals surface area contributed by atoms with Crippen LogP contribution in [0.15, 0.2) is 12.3 Å². The van der Waals surface area contributed by atoms with Crippen LogP contribution in [0.2, 0.25) is 0 Å². The van der Waals surface area contributed by atoms with E-state index in [-0.39, 0.29) is 17.6 Å². The van der Waals surface area contributed by atoms with E-state index in [4.69, 9.17) is 4.74 Å². The Hall–Kier alpha value is -1.69. The summed E-state index contributed by atoms with van der Waals surface area (Å²) in [6.07, 6.45) is 3.14. The standard InChI is InChI=1S/C13H18FN3O2/c1-15-12-11(6-9(14)7-16-12)13(18)17(2)8-10-4-3-5-19-10/h6-7,10H,3-5,8H2,1-2H3,(H,15,16). The Bertz CT molecular complexity index is 461. The third-order valence-electron chi connectivity index (χ3n) is 3.17. The van der Waals surface area contributed by atoms with Gasteiger partial charge in [0.1, 0.15) is 11.6 Å². The number of pyridine rings is 1. The number of nitrogens with one attached hydrogen (secondary N) is 1. The number of ether oxygens (including phenoxy) is 1. The van der Waals surface area contributed by atoms with Crippen molar-refractivity contribution < 1.29 is 13.9 Å². The van der Waals surface area contributed by atoms with Gasteiger partial charge in [-0.15, -0.1) is 0 Å². The van der Waals surface area contributed by atoms with Gasteiger partial charge in [-0.05, 0) is 18.9 Å². The Kier molecular flexibility index (Phi) is 4.31. The van der Waals surface area contributed by atoms with Crippen molar-refractivity contribution in [3.63, 3.8) is 0 Å². The van der Waals surface area contributed by atoms with Gasteiger partial charge < -0.3 is 15.0 Å². The maximum atomic E-state index is 13.2. The fourth-order valence-electron chi connectivity index (χ4n) is 2.18. The van der Waals surface area contributed by atoms with Crippen LogP contribution in [0.5, 0.6) is 0 Å². The minimum absolute atomic E-state index is 0.0773. The molecule has 0 saturated carbocycles. The molecule has 1 aliphatic heterocycles. The summed E-state index contributed by atoms with van der Waals surface area (Å²) < 4.78 is 18.7. The smallest absolute Gasteiger partial charge is 0.257 e. The first-order valence-corrected chi connectivity index (χ1v) is 6.32. The summed E-state index contributed by atoms with van der Waals surface area (Å²) in [7, 11) is 3.34. The summed E-state index contributed by atoms with van der Waals surface area (Å²) in [5.74, 6) is -0.398. The highest BCUT2D eigenvalue weighted by atomic mass is 19.1. The number of hydrogen-bond acceptors (Lipinski definition) is 4. The fourth-order valence-corrected chi connectivity index (χ4v) is 2.18. The van der Waals surface area contributed by atoms with Crippen LogP contribution in [-0.4, -0.2) is 49.1 Å². The average Bonchev–Trinajstić information content (AvgIpc) is 2.90. The Labute approximate surface area is 111 Å². The van der Waals surface area contributed by atoms with Crippen LogP contribution in [0.25, 0.3) is 0 Å². The van der Waals surface area contributed by atoms with Gasteiger partial charge in [0.15, 0.2) is 0 Å². The second-order valence-corrected chi connectivity index (χ2v) is 4.62. The van der Waals surface area contributed by atoms with Crippen molar-refractivity contribution in [3.05, 3.63) is 23.6 Å². The molecule has 1 aliphatic rings. The lowest BCUT2D eigenvalue weighted by atomic mass is 10.2. The molecule has 0 radical (unpaired) electrons. The summed E-state index contributed by atoms with van der Waals surface area (Å²) in [5, 5.41) is 2.80. The van der Waals surface area contributed by atoms with E-state index in [1.165, 1.54) is 6.07 Å². The van der Waals surface area contributed by atoms with E-state index in [9.17, 15) is 9.18 Å².